The Balaban J connectivity index is 1.53. The van der Waals surface area contributed by atoms with Gasteiger partial charge in [0.15, 0.2) is 5.76 Å². The molecule has 2 aromatic carbocycles. The van der Waals surface area contributed by atoms with E-state index >= 15 is 0 Å². The van der Waals surface area contributed by atoms with Crippen LogP contribution in [0.25, 0.3) is 22.4 Å². The van der Waals surface area contributed by atoms with Gasteiger partial charge in [-0.3, -0.25) is 0 Å². The van der Waals surface area contributed by atoms with Gasteiger partial charge < -0.3 is 13.9 Å². The molecule has 140 valence electrons. The number of para-hydroxylation sites is 2. The van der Waals surface area contributed by atoms with E-state index in [9.17, 15) is 4.79 Å². The van der Waals surface area contributed by atoms with Crippen LogP contribution in [-0.4, -0.2) is 24.2 Å². The van der Waals surface area contributed by atoms with E-state index in [1.807, 2.05) is 73.7 Å². The topological polar surface area (TPSA) is 61.6 Å². The summed E-state index contributed by atoms with van der Waals surface area (Å²) >= 11 is 0. The molecule has 0 atom stereocenters. The Morgan fingerprint density at radius 1 is 0.964 bits per heavy atom. The number of benzene rings is 2. The number of aromatic nitrogens is 1. The molecule has 4 rings (SSSR count). The van der Waals surface area contributed by atoms with Gasteiger partial charge in [-0.05, 0) is 43.3 Å². The van der Waals surface area contributed by atoms with Gasteiger partial charge in [-0.15, -0.1) is 0 Å². The van der Waals surface area contributed by atoms with Gasteiger partial charge in [0.25, 0.3) is 0 Å². The van der Waals surface area contributed by atoms with Crippen LogP contribution in [0.1, 0.15) is 16.1 Å². The summed E-state index contributed by atoms with van der Waals surface area (Å²) < 4.78 is 16.7. The summed E-state index contributed by atoms with van der Waals surface area (Å²) in [7, 11) is 0. The fourth-order valence-corrected chi connectivity index (χ4v) is 2.93. The van der Waals surface area contributed by atoms with E-state index in [2.05, 4.69) is 4.98 Å². The highest BCUT2D eigenvalue weighted by Crippen LogP contribution is 2.26. The second kappa shape index (κ2) is 7.96. The normalized spacial score (nSPS) is 10.8. The summed E-state index contributed by atoms with van der Waals surface area (Å²) in [6, 6.07) is 22.3. The number of rotatable bonds is 6. The van der Waals surface area contributed by atoms with E-state index in [1.54, 1.807) is 6.07 Å². The number of hydrogen-bond donors (Lipinski definition) is 0. The molecule has 0 saturated heterocycles. The van der Waals surface area contributed by atoms with Crippen molar-refractivity contribution < 1.29 is 18.7 Å². The Labute approximate surface area is 162 Å². The highest BCUT2D eigenvalue weighted by atomic mass is 16.6. The summed E-state index contributed by atoms with van der Waals surface area (Å²) in [6.45, 7) is 2.30. The number of ether oxygens (including phenoxy) is 2. The molecule has 0 spiro atoms. The number of hydrogen-bond acceptors (Lipinski definition) is 5. The number of esters is 1. The Morgan fingerprint density at radius 2 is 1.75 bits per heavy atom. The van der Waals surface area contributed by atoms with Crippen molar-refractivity contribution in [3.63, 3.8) is 0 Å². The Hall–Kier alpha value is -3.60. The van der Waals surface area contributed by atoms with Gasteiger partial charge in [-0.1, -0.05) is 36.4 Å². The minimum absolute atomic E-state index is 0.152. The van der Waals surface area contributed by atoms with Gasteiger partial charge in [0.1, 0.15) is 30.4 Å². The average molecular weight is 373 g/mol. The van der Waals surface area contributed by atoms with E-state index in [4.69, 9.17) is 13.9 Å². The van der Waals surface area contributed by atoms with Crippen LogP contribution in [-0.2, 0) is 4.74 Å². The van der Waals surface area contributed by atoms with Crippen LogP contribution in [0.3, 0.4) is 0 Å². The molecule has 28 heavy (non-hydrogen) atoms. The molecule has 0 aliphatic heterocycles. The van der Waals surface area contributed by atoms with Gasteiger partial charge in [0.05, 0.1) is 11.1 Å². The van der Waals surface area contributed by atoms with E-state index in [0.29, 0.717) is 22.5 Å². The summed E-state index contributed by atoms with van der Waals surface area (Å²) in [5.74, 6) is 1.72. The average Bonchev–Trinajstić information content (AvgIpc) is 3.17. The maximum atomic E-state index is 12.7. The van der Waals surface area contributed by atoms with E-state index in [-0.39, 0.29) is 13.2 Å². The van der Waals surface area contributed by atoms with Crippen molar-refractivity contribution in [1.82, 2.24) is 4.98 Å². The number of furan rings is 1. The SMILES string of the molecule is Cc1ccc(-c2cc(C(=O)OCCOc3ccccc3)c3ccccc3n2)o1. The summed E-state index contributed by atoms with van der Waals surface area (Å²) in [4.78, 5) is 17.3. The minimum atomic E-state index is -0.417. The van der Waals surface area contributed by atoms with E-state index < -0.39 is 5.97 Å². The van der Waals surface area contributed by atoms with Crippen LogP contribution in [0.15, 0.2) is 77.2 Å². The fraction of sp³-hybridized carbons (Fsp3) is 0.130. The number of pyridine rings is 1. The van der Waals surface area contributed by atoms with Crippen LogP contribution in [0.2, 0.25) is 0 Å². The first-order valence-electron chi connectivity index (χ1n) is 9.02. The highest BCUT2D eigenvalue weighted by molar-refractivity contribution is 6.04. The van der Waals surface area contributed by atoms with Crippen molar-refractivity contribution in [2.75, 3.05) is 13.2 Å². The molecule has 0 aliphatic carbocycles. The Bertz CT molecular complexity index is 1100. The second-order valence-corrected chi connectivity index (χ2v) is 6.28. The summed E-state index contributed by atoms with van der Waals surface area (Å²) in [5.41, 5.74) is 1.76. The predicted octanol–water partition coefficient (Wildman–Crippen LogP) is 5.04. The van der Waals surface area contributed by atoms with Crippen molar-refractivity contribution in [2.24, 2.45) is 0 Å². The van der Waals surface area contributed by atoms with Gasteiger partial charge >= 0.3 is 5.97 Å². The minimum Gasteiger partial charge on any atom is -0.490 e. The zero-order valence-corrected chi connectivity index (χ0v) is 15.4. The fourth-order valence-electron chi connectivity index (χ4n) is 2.93. The van der Waals surface area contributed by atoms with Crippen molar-refractivity contribution in [3.8, 4) is 17.2 Å². The largest absolute Gasteiger partial charge is 0.490 e. The molecule has 4 aromatic rings. The van der Waals surface area contributed by atoms with Crippen molar-refractivity contribution in [3.05, 3.63) is 84.1 Å². The van der Waals surface area contributed by atoms with Crippen molar-refractivity contribution in [2.45, 2.75) is 6.92 Å². The lowest BCUT2D eigenvalue weighted by molar-refractivity contribution is 0.0452. The number of carbonyl (C=O) groups is 1. The highest BCUT2D eigenvalue weighted by Gasteiger charge is 2.16. The molecule has 0 radical (unpaired) electrons. The lowest BCUT2D eigenvalue weighted by atomic mass is 10.1. The standard InChI is InChI=1S/C23H19NO4/c1-16-11-12-22(28-16)21-15-19(18-9-5-6-10-20(18)24-21)23(25)27-14-13-26-17-7-3-2-4-8-17/h2-12,15H,13-14H2,1H3. The molecule has 0 aliphatic rings. The zero-order valence-electron chi connectivity index (χ0n) is 15.4. The Morgan fingerprint density at radius 3 is 2.54 bits per heavy atom. The monoisotopic (exact) mass is 373 g/mol. The van der Waals surface area contributed by atoms with Gasteiger partial charge in [-0.2, -0.15) is 0 Å². The smallest absolute Gasteiger partial charge is 0.339 e. The summed E-state index contributed by atoms with van der Waals surface area (Å²) in [6.07, 6.45) is 0. The lowest BCUT2D eigenvalue weighted by Gasteiger charge is -2.10. The van der Waals surface area contributed by atoms with Crippen LogP contribution in [0.4, 0.5) is 0 Å². The number of aryl methyl sites for hydroxylation is 1. The lowest BCUT2D eigenvalue weighted by Crippen LogP contribution is -2.13. The summed E-state index contributed by atoms with van der Waals surface area (Å²) in [5, 5.41) is 0.739. The van der Waals surface area contributed by atoms with Crippen LogP contribution >= 0.6 is 0 Å². The van der Waals surface area contributed by atoms with Gasteiger partial charge in [0, 0.05) is 5.39 Å². The first-order chi connectivity index (χ1) is 13.7. The number of carbonyl (C=O) groups excluding carboxylic acids is 1. The van der Waals surface area contributed by atoms with Gasteiger partial charge in [-0.25, -0.2) is 9.78 Å². The molecule has 0 N–H and O–H groups in total. The molecule has 0 bridgehead atoms. The molecule has 5 nitrogen and oxygen atoms in total. The molecule has 2 aromatic heterocycles. The van der Waals surface area contributed by atoms with Crippen molar-refractivity contribution in [1.29, 1.82) is 0 Å². The molecule has 2 heterocycles. The first-order valence-corrected chi connectivity index (χ1v) is 9.02. The molecule has 0 amide bonds. The predicted molar refractivity (Wildman–Crippen MR) is 106 cm³/mol. The van der Waals surface area contributed by atoms with Crippen LogP contribution in [0.5, 0.6) is 5.75 Å². The van der Waals surface area contributed by atoms with E-state index in [0.717, 1.165) is 16.9 Å². The first kappa shape index (κ1) is 17.8. The van der Waals surface area contributed by atoms with Crippen LogP contribution < -0.4 is 4.74 Å². The van der Waals surface area contributed by atoms with Crippen LogP contribution in [0, 0.1) is 6.92 Å². The number of nitrogens with zero attached hydrogens (tertiary/aromatic N) is 1. The molecular formula is C23H19NO4. The van der Waals surface area contributed by atoms with Gasteiger partial charge in [0.2, 0.25) is 0 Å². The molecule has 0 unspecified atom stereocenters. The second-order valence-electron chi connectivity index (χ2n) is 6.28. The van der Waals surface area contributed by atoms with Crippen molar-refractivity contribution >= 4 is 16.9 Å². The third-order valence-electron chi connectivity index (χ3n) is 4.26. The maximum absolute atomic E-state index is 12.7. The van der Waals surface area contributed by atoms with E-state index in [1.165, 1.54) is 0 Å². The molecule has 0 fully saturated rings. The Kier molecular flexibility index (Phi) is 5.06. The molecule has 5 heteroatoms. The zero-order chi connectivity index (χ0) is 19.3. The molecule has 0 saturated carbocycles. The quantitative estimate of drug-likeness (QED) is 0.350. The molecular weight excluding hydrogens is 354 g/mol. The maximum Gasteiger partial charge on any atom is 0.339 e. The third-order valence-corrected chi connectivity index (χ3v) is 4.26. The number of fused-ring (bicyclic) bond motifs is 1. The third kappa shape index (κ3) is 3.88.